The molecule has 0 fully saturated rings. The predicted octanol–water partition coefficient (Wildman–Crippen LogP) is 3.90. The van der Waals surface area contributed by atoms with Crippen molar-refractivity contribution in [3.05, 3.63) is 33.3 Å². The summed E-state index contributed by atoms with van der Waals surface area (Å²) in [6.07, 6.45) is 0.806. The molecule has 0 unspecified atom stereocenters. The van der Waals surface area contributed by atoms with Crippen LogP contribution in [0.5, 0.6) is 0 Å². The lowest BCUT2D eigenvalue weighted by Crippen LogP contribution is -2.25. The highest BCUT2D eigenvalue weighted by Crippen LogP contribution is 2.19. The molecule has 106 valence electrons. The van der Waals surface area contributed by atoms with Crippen LogP contribution in [-0.2, 0) is 4.74 Å². The molecule has 19 heavy (non-hydrogen) atoms. The Balaban J connectivity index is 2.27. The first-order valence-electron chi connectivity index (χ1n) is 6.31. The molecule has 0 aliphatic rings. The lowest BCUT2D eigenvalue weighted by atomic mass is 10.2. The van der Waals surface area contributed by atoms with Crippen LogP contribution in [0.2, 0.25) is 5.02 Å². The first-order chi connectivity index (χ1) is 8.99. The Hall–Kier alpha value is -0.580. The number of rotatable bonds is 7. The van der Waals surface area contributed by atoms with Crippen LogP contribution in [0.3, 0.4) is 0 Å². The zero-order valence-corrected chi connectivity index (χ0v) is 13.6. The monoisotopic (exact) mass is 347 g/mol. The van der Waals surface area contributed by atoms with Gasteiger partial charge in [-0.2, -0.15) is 0 Å². The molecule has 0 aliphatic heterocycles. The van der Waals surface area contributed by atoms with E-state index in [-0.39, 0.29) is 5.91 Å². The second-order valence-corrected chi connectivity index (χ2v) is 6.09. The molecule has 0 aliphatic carbocycles. The summed E-state index contributed by atoms with van der Waals surface area (Å²) in [4.78, 5) is 11.9. The van der Waals surface area contributed by atoms with Gasteiger partial charge in [0.1, 0.15) is 0 Å². The van der Waals surface area contributed by atoms with Gasteiger partial charge in [0.25, 0.3) is 5.91 Å². The molecule has 0 saturated heterocycles. The van der Waals surface area contributed by atoms with E-state index in [9.17, 15) is 4.79 Å². The fourth-order valence-electron chi connectivity index (χ4n) is 1.48. The van der Waals surface area contributed by atoms with E-state index < -0.39 is 0 Å². The van der Waals surface area contributed by atoms with Crippen molar-refractivity contribution >= 4 is 33.4 Å². The fourth-order valence-corrected chi connectivity index (χ4v) is 2.34. The highest BCUT2D eigenvalue weighted by molar-refractivity contribution is 9.10. The van der Waals surface area contributed by atoms with Gasteiger partial charge in [0, 0.05) is 34.8 Å². The van der Waals surface area contributed by atoms with Crippen molar-refractivity contribution in [3.63, 3.8) is 0 Å². The van der Waals surface area contributed by atoms with E-state index in [1.54, 1.807) is 18.2 Å². The summed E-state index contributed by atoms with van der Waals surface area (Å²) in [7, 11) is 0. The van der Waals surface area contributed by atoms with E-state index in [0.717, 1.165) is 17.5 Å². The molecule has 0 radical (unpaired) electrons. The number of nitrogens with one attached hydrogen (secondary N) is 1. The SMILES string of the molecule is CC(C)COCCCNC(=O)c1cc(Cl)cc(Br)c1. The molecule has 1 N–H and O–H groups in total. The van der Waals surface area contributed by atoms with E-state index in [2.05, 4.69) is 35.1 Å². The maximum atomic E-state index is 11.9. The largest absolute Gasteiger partial charge is 0.381 e. The van der Waals surface area contributed by atoms with Gasteiger partial charge in [-0.05, 0) is 30.5 Å². The van der Waals surface area contributed by atoms with E-state index >= 15 is 0 Å². The van der Waals surface area contributed by atoms with Crippen LogP contribution in [-0.4, -0.2) is 25.7 Å². The topological polar surface area (TPSA) is 38.3 Å². The van der Waals surface area contributed by atoms with Crippen molar-refractivity contribution in [1.29, 1.82) is 0 Å². The number of hydrogen-bond acceptors (Lipinski definition) is 2. The number of halogens is 2. The highest BCUT2D eigenvalue weighted by Gasteiger charge is 2.06. The third-order valence-electron chi connectivity index (χ3n) is 2.33. The first kappa shape index (κ1) is 16.5. The predicted molar refractivity (Wildman–Crippen MR) is 81.8 cm³/mol. The Morgan fingerprint density at radius 2 is 2.16 bits per heavy atom. The molecule has 3 nitrogen and oxygen atoms in total. The number of carbonyl (C=O) groups is 1. The molecule has 1 amide bonds. The minimum absolute atomic E-state index is 0.118. The Morgan fingerprint density at radius 3 is 2.79 bits per heavy atom. The van der Waals surface area contributed by atoms with Gasteiger partial charge >= 0.3 is 0 Å². The van der Waals surface area contributed by atoms with Gasteiger partial charge in [-0.15, -0.1) is 0 Å². The van der Waals surface area contributed by atoms with Crippen molar-refractivity contribution in [3.8, 4) is 0 Å². The van der Waals surface area contributed by atoms with Crippen molar-refractivity contribution in [1.82, 2.24) is 5.32 Å². The standard InChI is InChI=1S/C14H19BrClNO2/c1-10(2)9-19-5-3-4-17-14(18)11-6-12(15)8-13(16)7-11/h6-8,10H,3-5,9H2,1-2H3,(H,17,18). The van der Waals surface area contributed by atoms with Crippen LogP contribution in [0.15, 0.2) is 22.7 Å². The van der Waals surface area contributed by atoms with Gasteiger partial charge < -0.3 is 10.1 Å². The summed E-state index contributed by atoms with van der Waals surface area (Å²) in [6, 6.07) is 5.14. The highest BCUT2D eigenvalue weighted by atomic mass is 79.9. The number of amides is 1. The summed E-state index contributed by atoms with van der Waals surface area (Å²) in [6.45, 7) is 6.24. The van der Waals surface area contributed by atoms with Crippen molar-refractivity contribution in [2.45, 2.75) is 20.3 Å². The summed E-state index contributed by atoms with van der Waals surface area (Å²) < 4.78 is 6.24. The summed E-state index contributed by atoms with van der Waals surface area (Å²) in [5.41, 5.74) is 0.558. The summed E-state index contributed by atoms with van der Waals surface area (Å²) >= 11 is 9.21. The Morgan fingerprint density at radius 1 is 1.42 bits per heavy atom. The molecule has 1 rings (SSSR count). The van der Waals surface area contributed by atoms with Crippen molar-refractivity contribution in [2.75, 3.05) is 19.8 Å². The smallest absolute Gasteiger partial charge is 0.251 e. The minimum atomic E-state index is -0.118. The van der Waals surface area contributed by atoms with Gasteiger partial charge in [0.15, 0.2) is 0 Å². The van der Waals surface area contributed by atoms with Gasteiger partial charge in [0.2, 0.25) is 0 Å². The van der Waals surface area contributed by atoms with Gasteiger partial charge in [-0.3, -0.25) is 4.79 Å². The molecular formula is C14H19BrClNO2. The van der Waals surface area contributed by atoms with Crippen LogP contribution in [0, 0.1) is 5.92 Å². The zero-order valence-electron chi connectivity index (χ0n) is 11.2. The molecule has 5 heteroatoms. The van der Waals surface area contributed by atoms with Crippen LogP contribution in [0.1, 0.15) is 30.6 Å². The van der Waals surface area contributed by atoms with Crippen LogP contribution in [0.25, 0.3) is 0 Å². The third-order valence-corrected chi connectivity index (χ3v) is 3.00. The fraction of sp³-hybridized carbons (Fsp3) is 0.500. The van der Waals surface area contributed by atoms with E-state index in [1.165, 1.54) is 0 Å². The van der Waals surface area contributed by atoms with Crippen LogP contribution < -0.4 is 5.32 Å². The van der Waals surface area contributed by atoms with Gasteiger partial charge in [-0.1, -0.05) is 41.4 Å². The molecule has 1 aromatic carbocycles. The Bertz CT molecular complexity index is 404. The average Bonchev–Trinajstić information content (AvgIpc) is 2.31. The van der Waals surface area contributed by atoms with Crippen molar-refractivity contribution < 1.29 is 9.53 Å². The third kappa shape index (κ3) is 6.95. The van der Waals surface area contributed by atoms with Gasteiger partial charge in [0.05, 0.1) is 0 Å². The molecule has 0 atom stereocenters. The molecule has 0 aromatic heterocycles. The molecule has 0 bridgehead atoms. The normalized spacial score (nSPS) is 10.8. The number of ether oxygens (including phenoxy) is 1. The molecule has 0 saturated carbocycles. The van der Waals surface area contributed by atoms with Gasteiger partial charge in [-0.25, -0.2) is 0 Å². The maximum Gasteiger partial charge on any atom is 0.251 e. The first-order valence-corrected chi connectivity index (χ1v) is 7.48. The zero-order chi connectivity index (χ0) is 14.3. The van der Waals surface area contributed by atoms with E-state index in [1.807, 2.05) is 0 Å². The number of hydrogen-bond donors (Lipinski definition) is 1. The number of benzene rings is 1. The van der Waals surface area contributed by atoms with Crippen LogP contribution in [0.4, 0.5) is 0 Å². The van der Waals surface area contributed by atoms with Crippen molar-refractivity contribution in [2.24, 2.45) is 5.92 Å². The second-order valence-electron chi connectivity index (χ2n) is 4.74. The summed E-state index contributed by atoms with van der Waals surface area (Å²) in [5.74, 6) is 0.422. The van der Waals surface area contributed by atoms with Crippen LogP contribution >= 0.6 is 27.5 Å². The maximum absolute atomic E-state index is 11.9. The number of carbonyl (C=O) groups excluding carboxylic acids is 1. The van der Waals surface area contributed by atoms with E-state index in [0.29, 0.717) is 29.7 Å². The quantitative estimate of drug-likeness (QED) is 0.759. The lowest BCUT2D eigenvalue weighted by Gasteiger charge is -2.08. The summed E-state index contributed by atoms with van der Waals surface area (Å²) in [5, 5.41) is 3.38. The molecular weight excluding hydrogens is 330 g/mol. The lowest BCUT2D eigenvalue weighted by molar-refractivity contribution is 0.0925. The Kier molecular flexibility index (Phi) is 7.42. The molecule has 1 aromatic rings. The minimum Gasteiger partial charge on any atom is -0.381 e. The molecule has 0 spiro atoms. The molecule has 0 heterocycles. The van der Waals surface area contributed by atoms with E-state index in [4.69, 9.17) is 16.3 Å². The average molecular weight is 349 g/mol. The second kappa shape index (κ2) is 8.56. The Labute approximate surface area is 127 Å².